The van der Waals surface area contributed by atoms with Crippen LogP contribution in [0.4, 0.5) is 17.2 Å². The van der Waals surface area contributed by atoms with Crippen molar-refractivity contribution in [2.75, 3.05) is 36.7 Å². The van der Waals surface area contributed by atoms with Gasteiger partial charge < -0.3 is 25.6 Å². The molecule has 0 radical (unpaired) electrons. The van der Waals surface area contributed by atoms with Crippen molar-refractivity contribution in [1.82, 2.24) is 10.3 Å². The highest BCUT2D eigenvalue weighted by molar-refractivity contribution is 7.80. The van der Waals surface area contributed by atoms with Crippen molar-refractivity contribution in [1.29, 1.82) is 0 Å². The molecule has 1 heterocycles. The van der Waals surface area contributed by atoms with Gasteiger partial charge in [-0.2, -0.15) is 0 Å². The van der Waals surface area contributed by atoms with Gasteiger partial charge in [-0.15, -0.1) is 0 Å². The van der Waals surface area contributed by atoms with Gasteiger partial charge in [0.25, 0.3) is 0 Å². The third-order valence-corrected chi connectivity index (χ3v) is 6.17. The molecule has 4 rings (SSSR count). The number of benzene rings is 2. The number of nitrogens with one attached hydrogen (secondary N) is 3. The van der Waals surface area contributed by atoms with E-state index in [2.05, 4.69) is 59.2 Å². The van der Waals surface area contributed by atoms with E-state index in [4.69, 9.17) is 21.9 Å². The van der Waals surface area contributed by atoms with Crippen LogP contribution in [0.15, 0.2) is 54.6 Å². The van der Waals surface area contributed by atoms with Crippen molar-refractivity contribution in [2.45, 2.75) is 37.8 Å². The van der Waals surface area contributed by atoms with Gasteiger partial charge in [-0.05, 0) is 56.1 Å². The molecule has 0 saturated heterocycles. The van der Waals surface area contributed by atoms with Crippen LogP contribution in [0.2, 0.25) is 0 Å². The number of nitrogens with zero attached hydrogens (tertiary/aromatic N) is 2. The van der Waals surface area contributed by atoms with Gasteiger partial charge in [0.05, 0.1) is 18.3 Å². The van der Waals surface area contributed by atoms with Gasteiger partial charge >= 0.3 is 0 Å². The summed E-state index contributed by atoms with van der Waals surface area (Å²) in [5.74, 6) is 1.72. The van der Waals surface area contributed by atoms with Crippen LogP contribution < -0.4 is 25.6 Å². The zero-order valence-electron chi connectivity index (χ0n) is 18.9. The van der Waals surface area contributed by atoms with Gasteiger partial charge in [-0.25, -0.2) is 4.98 Å². The Bertz CT molecular complexity index is 1080. The molecule has 2 aromatic carbocycles. The molecule has 32 heavy (non-hydrogen) atoms. The van der Waals surface area contributed by atoms with E-state index in [0.717, 1.165) is 48.5 Å². The third kappa shape index (κ3) is 5.22. The lowest BCUT2D eigenvalue weighted by Crippen LogP contribution is -2.42. The Labute approximate surface area is 195 Å². The van der Waals surface area contributed by atoms with Crippen molar-refractivity contribution in [3.05, 3.63) is 54.6 Å². The number of aromatic nitrogens is 1. The van der Waals surface area contributed by atoms with Crippen molar-refractivity contribution >= 4 is 45.4 Å². The predicted octanol–water partition coefficient (Wildman–Crippen LogP) is 5.02. The zero-order chi connectivity index (χ0) is 22.5. The SMILES string of the molecule is COc1ccccc1NC(=S)NC1CCC(Nc2cc(N(C)C)c3ccccc3n2)CC1. The number of pyridine rings is 1. The summed E-state index contributed by atoms with van der Waals surface area (Å²) in [6.45, 7) is 0. The summed E-state index contributed by atoms with van der Waals surface area (Å²) >= 11 is 5.53. The minimum absolute atomic E-state index is 0.365. The van der Waals surface area contributed by atoms with Gasteiger partial charge in [0, 0.05) is 43.3 Å². The molecule has 1 fully saturated rings. The van der Waals surface area contributed by atoms with Crippen LogP contribution in [0, 0.1) is 0 Å². The van der Waals surface area contributed by atoms with E-state index in [0.29, 0.717) is 17.2 Å². The van der Waals surface area contributed by atoms with E-state index in [1.165, 1.54) is 11.1 Å². The molecule has 0 unspecified atom stereocenters. The molecular formula is C25H31N5OS. The molecule has 7 heteroatoms. The molecule has 3 N–H and O–H groups in total. The second kappa shape index (κ2) is 10.0. The number of anilines is 3. The molecule has 3 aromatic rings. The van der Waals surface area contributed by atoms with Crippen molar-refractivity contribution in [2.24, 2.45) is 0 Å². The first-order chi connectivity index (χ1) is 15.5. The highest BCUT2D eigenvalue weighted by Gasteiger charge is 2.22. The number of thiocarbonyl (C=S) groups is 1. The van der Waals surface area contributed by atoms with Gasteiger partial charge in [-0.1, -0.05) is 30.3 Å². The summed E-state index contributed by atoms with van der Waals surface area (Å²) in [6.07, 6.45) is 4.25. The topological polar surface area (TPSA) is 61.5 Å². The highest BCUT2D eigenvalue weighted by Crippen LogP contribution is 2.29. The van der Waals surface area contributed by atoms with Crippen molar-refractivity contribution < 1.29 is 4.74 Å². The second-order valence-electron chi connectivity index (χ2n) is 8.43. The average molecular weight is 450 g/mol. The molecule has 1 aromatic heterocycles. The van der Waals surface area contributed by atoms with E-state index in [1.54, 1.807) is 7.11 Å². The first-order valence-electron chi connectivity index (χ1n) is 11.1. The first-order valence-corrected chi connectivity index (χ1v) is 11.5. The fourth-order valence-corrected chi connectivity index (χ4v) is 4.56. The molecule has 0 amide bonds. The number of ether oxygens (including phenoxy) is 1. The molecule has 1 aliphatic rings. The van der Waals surface area contributed by atoms with Crippen molar-refractivity contribution in [3.8, 4) is 5.75 Å². The number of methoxy groups -OCH3 is 1. The maximum absolute atomic E-state index is 5.53. The molecule has 0 atom stereocenters. The lowest BCUT2D eigenvalue weighted by atomic mass is 9.91. The van der Waals surface area contributed by atoms with Crippen LogP contribution in [0.1, 0.15) is 25.7 Å². The average Bonchev–Trinajstić information content (AvgIpc) is 2.80. The summed E-state index contributed by atoms with van der Waals surface area (Å²) in [5, 5.41) is 12.2. The molecule has 168 valence electrons. The Hall–Kier alpha value is -3.06. The molecule has 0 bridgehead atoms. The van der Waals surface area contributed by atoms with E-state index in [-0.39, 0.29) is 0 Å². The lowest BCUT2D eigenvalue weighted by Gasteiger charge is -2.31. The Kier molecular flexibility index (Phi) is 6.95. The smallest absolute Gasteiger partial charge is 0.171 e. The maximum Gasteiger partial charge on any atom is 0.171 e. The number of hydrogen-bond donors (Lipinski definition) is 3. The number of para-hydroxylation sites is 3. The molecular weight excluding hydrogens is 418 g/mol. The van der Waals surface area contributed by atoms with E-state index in [1.807, 2.05) is 30.3 Å². The maximum atomic E-state index is 5.53. The van der Waals surface area contributed by atoms with Gasteiger partial charge in [0.1, 0.15) is 11.6 Å². The minimum atomic E-state index is 0.365. The summed E-state index contributed by atoms with van der Waals surface area (Å²) in [5.41, 5.74) is 3.08. The predicted molar refractivity (Wildman–Crippen MR) is 138 cm³/mol. The lowest BCUT2D eigenvalue weighted by molar-refractivity contribution is 0.388. The Morgan fingerprint density at radius 3 is 2.44 bits per heavy atom. The molecule has 0 spiro atoms. The second-order valence-corrected chi connectivity index (χ2v) is 8.84. The summed E-state index contributed by atoms with van der Waals surface area (Å²) < 4.78 is 5.39. The first kappa shape index (κ1) is 22.1. The van der Waals surface area contributed by atoms with Crippen LogP contribution in [-0.2, 0) is 0 Å². The molecule has 1 aliphatic carbocycles. The van der Waals surface area contributed by atoms with Crippen LogP contribution in [0.5, 0.6) is 5.75 Å². The summed E-state index contributed by atoms with van der Waals surface area (Å²) in [7, 11) is 5.81. The number of fused-ring (bicyclic) bond motifs is 1. The molecule has 6 nitrogen and oxygen atoms in total. The largest absolute Gasteiger partial charge is 0.495 e. The molecule has 0 aliphatic heterocycles. The van der Waals surface area contributed by atoms with Crippen LogP contribution in [0.25, 0.3) is 10.9 Å². The van der Waals surface area contributed by atoms with E-state index in [9.17, 15) is 0 Å². The Balaban J connectivity index is 1.33. The number of rotatable bonds is 6. The van der Waals surface area contributed by atoms with Crippen LogP contribution >= 0.6 is 12.2 Å². The summed E-state index contributed by atoms with van der Waals surface area (Å²) in [6, 6.07) is 19.0. The fraction of sp³-hybridized carbons (Fsp3) is 0.360. The Morgan fingerprint density at radius 2 is 1.69 bits per heavy atom. The monoisotopic (exact) mass is 449 g/mol. The normalized spacial score (nSPS) is 18.1. The molecule has 1 saturated carbocycles. The standard InChI is InChI=1S/C25H31N5OS/c1-30(2)22-16-24(28-20-9-5-4-8-19(20)22)26-17-12-14-18(15-13-17)27-25(32)29-21-10-6-7-11-23(21)31-3/h4-11,16-18H,12-15H2,1-3H3,(H,26,28)(H2,27,29,32). The third-order valence-electron chi connectivity index (χ3n) is 5.95. The summed E-state index contributed by atoms with van der Waals surface area (Å²) in [4.78, 5) is 6.99. The van der Waals surface area contributed by atoms with Gasteiger partial charge in [0.2, 0.25) is 0 Å². The van der Waals surface area contributed by atoms with Gasteiger partial charge in [-0.3, -0.25) is 0 Å². The quantitative estimate of drug-likeness (QED) is 0.457. The van der Waals surface area contributed by atoms with Crippen LogP contribution in [0.3, 0.4) is 0 Å². The van der Waals surface area contributed by atoms with E-state index < -0.39 is 0 Å². The van der Waals surface area contributed by atoms with E-state index >= 15 is 0 Å². The van der Waals surface area contributed by atoms with Gasteiger partial charge in [0.15, 0.2) is 5.11 Å². The van der Waals surface area contributed by atoms with Crippen molar-refractivity contribution in [3.63, 3.8) is 0 Å². The van der Waals surface area contributed by atoms with Crippen LogP contribution in [-0.4, -0.2) is 43.4 Å². The number of hydrogen-bond acceptors (Lipinski definition) is 5. The highest BCUT2D eigenvalue weighted by atomic mass is 32.1. The zero-order valence-corrected chi connectivity index (χ0v) is 19.7. The fourth-order valence-electron chi connectivity index (χ4n) is 4.28. The minimum Gasteiger partial charge on any atom is -0.495 e. The Morgan fingerprint density at radius 1 is 1.00 bits per heavy atom.